The molecule has 0 saturated heterocycles. The molecule has 0 aliphatic carbocycles. The lowest BCUT2D eigenvalue weighted by atomic mass is 10.2. The van der Waals surface area contributed by atoms with Crippen LogP contribution in [0.4, 0.5) is 0 Å². The summed E-state index contributed by atoms with van der Waals surface area (Å²) in [5.74, 6) is -0.235. The summed E-state index contributed by atoms with van der Waals surface area (Å²) in [7, 11) is 1.30. The van der Waals surface area contributed by atoms with Crippen molar-refractivity contribution in [3.05, 3.63) is 29.8 Å². The maximum Gasteiger partial charge on any atom is 0.337 e. The minimum Gasteiger partial charge on any atom is -0.465 e. The molecule has 0 aliphatic rings. The number of hydrogen-bond donors (Lipinski definition) is 0. The van der Waals surface area contributed by atoms with E-state index in [1.807, 2.05) is 0 Å². The Bertz CT molecular complexity index is 372. The van der Waals surface area contributed by atoms with Gasteiger partial charge < -0.3 is 9.47 Å². The molecular formula is C11H11ClO4. The Morgan fingerprint density at radius 2 is 1.88 bits per heavy atom. The molecule has 86 valence electrons. The van der Waals surface area contributed by atoms with Gasteiger partial charge in [-0.05, 0) is 24.3 Å². The molecule has 0 aromatic heterocycles. The van der Waals surface area contributed by atoms with Gasteiger partial charge in [0.1, 0.15) is 5.75 Å². The lowest BCUT2D eigenvalue weighted by molar-refractivity contribution is -0.133. The van der Waals surface area contributed by atoms with E-state index in [-0.39, 0.29) is 12.3 Å². The molecule has 0 bridgehead atoms. The number of methoxy groups -OCH3 is 1. The Kier molecular flexibility index (Phi) is 4.79. The number of alkyl halides is 1. The van der Waals surface area contributed by atoms with Gasteiger partial charge >= 0.3 is 11.9 Å². The van der Waals surface area contributed by atoms with Crippen molar-refractivity contribution in [1.82, 2.24) is 0 Å². The Hall–Kier alpha value is -1.55. The number of hydrogen-bond acceptors (Lipinski definition) is 4. The van der Waals surface area contributed by atoms with Crippen LogP contribution < -0.4 is 4.74 Å². The van der Waals surface area contributed by atoms with E-state index in [9.17, 15) is 9.59 Å². The molecule has 0 aliphatic heterocycles. The highest BCUT2D eigenvalue weighted by Gasteiger charge is 2.07. The Labute approximate surface area is 98.1 Å². The van der Waals surface area contributed by atoms with Crippen molar-refractivity contribution in [1.29, 1.82) is 0 Å². The molecule has 0 saturated carbocycles. The Morgan fingerprint density at radius 1 is 1.25 bits per heavy atom. The van der Waals surface area contributed by atoms with E-state index in [2.05, 4.69) is 4.74 Å². The van der Waals surface area contributed by atoms with Crippen LogP contribution in [0, 0.1) is 0 Å². The number of rotatable bonds is 4. The van der Waals surface area contributed by atoms with Crippen LogP contribution in [0.1, 0.15) is 16.8 Å². The molecule has 16 heavy (non-hydrogen) atoms. The molecule has 1 aromatic rings. The quantitative estimate of drug-likeness (QED) is 0.460. The van der Waals surface area contributed by atoms with Crippen molar-refractivity contribution in [2.24, 2.45) is 0 Å². The molecule has 5 heteroatoms. The van der Waals surface area contributed by atoms with Gasteiger partial charge in [-0.15, -0.1) is 11.6 Å². The van der Waals surface area contributed by atoms with E-state index >= 15 is 0 Å². The molecule has 4 nitrogen and oxygen atoms in total. The lowest BCUT2D eigenvalue weighted by Crippen LogP contribution is -2.08. The number of halogens is 1. The van der Waals surface area contributed by atoms with Gasteiger partial charge in [0.15, 0.2) is 0 Å². The van der Waals surface area contributed by atoms with Gasteiger partial charge in [0.2, 0.25) is 0 Å². The topological polar surface area (TPSA) is 52.6 Å². The van der Waals surface area contributed by atoms with Crippen molar-refractivity contribution in [3.63, 3.8) is 0 Å². The van der Waals surface area contributed by atoms with Gasteiger partial charge in [-0.25, -0.2) is 4.79 Å². The molecule has 0 fully saturated rings. The van der Waals surface area contributed by atoms with Crippen LogP contribution in [-0.2, 0) is 9.53 Å². The van der Waals surface area contributed by atoms with Crippen molar-refractivity contribution >= 4 is 23.5 Å². The van der Waals surface area contributed by atoms with E-state index in [1.54, 1.807) is 0 Å². The third-order valence-electron chi connectivity index (χ3n) is 1.81. The zero-order valence-corrected chi connectivity index (χ0v) is 9.49. The Balaban J connectivity index is 2.64. The van der Waals surface area contributed by atoms with Gasteiger partial charge in [-0.3, -0.25) is 4.79 Å². The van der Waals surface area contributed by atoms with Crippen LogP contribution >= 0.6 is 11.6 Å². The average molecular weight is 243 g/mol. The van der Waals surface area contributed by atoms with E-state index in [0.717, 1.165) is 0 Å². The normalized spacial score (nSPS) is 9.62. The summed E-state index contributed by atoms with van der Waals surface area (Å²) in [6.45, 7) is 0. The predicted octanol–water partition coefficient (Wildman–Crippen LogP) is 2.01. The van der Waals surface area contributed by atoms with Crippen LogP contribution in [0.2, 0.25) is 0 Å². The molecule has 0 heterocycles. The fourth-order valence-corrected chi connectivity index (χ4v) is 1.19. The van der Waals surface area contributed by atoms with Crippen LogP contribution in [0.5, 0.6) is 5.75 Å². The number of esters is 2. The first kappa shape index (κ1) is 12.5. The minimum atomic E-state index is -0.432. The second-order valence-corrected chi connectivity index (χ2v) is 3.31. The zero-order valence-electron chi connectivity index (χ0n) is 8.73. The van der Waals surface area contributed by atoms with Crippen LogP contribution in [-0.4, -0.2) is 24.9 Å². The van der Waals surface area contributed by atoms with E-state index in [1.165, 1.54) is 31.4 Å². The number of carbonyl (C=O) groups excluding carboxylic acids is 2. The molecular weight excluding hydrogens is 232 g/mol. The van der Waals surface area contributed by atoms with Gasteiger partial charge in [0, 0.05) is 5.88 Å². The third-order valence-corrected chi connectivity index (χ3v) is 1.99. The monoisotopic (exact) mass is 242 g/mol. The summed E-state index contributed by atoms with van der Waals surface area (Å²) in [6, 6.07) is 6.10. The largest absolute Gasteiger partial charge is 0.465 e. The van der Waals surface area contributed by atoms with Gasteiger partial charge in [0.05, 0.1) is 19.1 Å². The molecule has 0 atom stereocenters. The lowest BCUT2D eigenvalue weighted by Gasteiger charge is -2.03. The highest BCUT2D eigenvalue weighted by molar-refractivity contribution is 6.18. The maximum absolute atomic E-state index is 11.1. The average Bonchev–Trinajstić information content (AvgIpc) is 2.29. The smallest absolute Gasteiger partial charge is 0.337 e. The van der Waals surface area contributed by atoms with Crippen LogP contribution in [0.15, 0.2) is 24.3 Å². The first-order chi connectivity index (χ1) is 7.67. The zero-order chi connectivity index (χ0) is 12.0. The Morgan fingerprint density at radius 3 is 2.38 bits per heavy atom. The van der Waals surface area contributed by atoms with Crippen LogP contribution in [0.3, 0.4) is 0 Å². The fraction of sp³-hybridized carbons (Fsp3) is 0.273. The standard InChI is InChI=1S/C11H11ClO4/c1-15-11(14)8-2-4-9(5-3-8)16-10(13)6-7-12/h2-5H,6-7H2,1H3. The van der Waals surface area contributed by atoms with Crippen molar-refractivity contribution in [3.8, 4) is 5.75 Å². The van der Waals surface area contributed by atoms with Crippen LogP contribution in [0.25, 0.3) is 0 Å². The number of carbonyl (C=O) groups is 2. The van der Waals surface area contributed by atoms with E-state index in [4.69, 9.17) is 16.3 Å². The molecule has 1 rings (SSSR count). The molecule has 1 aromatic carbocycles. The summed E-state index contributed by atoms with van der Waals surface area (Å²) in [6.07, 6.45) is 0.153. The summed E-state index contributed by atoms with van der Waals surface area (Å²) >= 11 is 5.39. The fourth-order valence-electron chi connectivity index (χ4n) is 1.04. The number of benzene rings is 1. The highest BCUT2D eigenvalue weighted by atomic mass is 35.5. The summed E-state index contributed by atoms with van der Waals surface area (Å²) in [5.41, 5.74) is 0.402. The van der Waals surface area contributed by atoms with Crippen molar-refractivity contribution in [2.75, 3.05) is 13.0 Å². The summed E-state index contributed by atoms with van der Waals surface area (Å²) in [4.78, 5) is 22.2. The maximum atomic E-state index is 11.1. The van der Waals surface area contributed by atoms with E-state index in [0.29, 0.717) is 11.3 Å². The third kappa shape index (κ3) is 3.55. The SMILES string of the molecule is COC(=O)c1ccc(OC(=O)CCCl)cc1. The van der Waals surface area contributed by atoms with Gasteiger partial charge in [-0.1, -0.05) is 0 Å². The first-order valence-electron chi connectivity index (χ1n) is 4.62. The van der Waals surface area contributed by atoms with Gasteiger partial charge in [-0.2, -0.15) is 0 Å². The van der Waals surface area contributed by atoms with E-state index < -0.39 is 11.9 Å². The summed E-state index contributed by atoms with van der Waals surface area (Å²) < 4.78 is 9.48. The molecule has 0 radical (unpaired) electrons. The predicted molar refractivity (Wildman–Crippen MR) is 58.8 cm³/mol. The van der Waals surface area contributed by atoms with Gasteiger partial charge in [0.25, 0.3) is 0 Å². The molecule has 0 amide bonds. The highest BCUT2D eigenvalue weighted by Crippen LogP contribution is 2.13. The second kappa shape index (κ2) is 6.12. The molecule has 0 N–H and O–H groups in total. The summed E-state index contributed by atoms with van der Waals surface area (Å²) in [5, 5.41) is 0. The van der Waals surface area contributed by atoms with Crippen molar-refractivity contribution < 1.29 is 19.1 Å². The van der Waals surface area contributed by atoms with Crippen molar-refractivity contribution in [2.45, 2.75) is 6.42 Å². The first-order valence-corrected chi connectivity index (χ1v) is 5.16. The molecule has 0 spiro atoms. The minimum absolute atomic E-state index is 0.153. The molecule has 0 unspecified atom stereocenters. The second-order valence-electron chi connectivity index (χ2n) is 2.93. The number of ether oxygens (including phenoxy) is 2.